The van der Waals surface area contributed by atoms with Crippen molar-refractivity contribution in [1.29, 1.82) is 0 Å². The Morgan fingerprint density at radius 1 is 1.25 bits per heavy atom. The van der Waals surface area contributed by atoms with Gasteiger partial charge < -0.3 is 20.3 Å². The van der Waals surface area contributed by atoms with Gasteiger partial charge in [0.25, 0.3) is 0 Å². The molecule has 0 heterocycles. The third-order valence-electron chi connectivity index (χ3n) is 3.87. The summed E-state index contributed by atoms with van der Waals surface area (Å²) in [5.74, 6) is 3.80. The molecule has 0 aliphatic heterocycles. The van der Waals surface area contributed by atoms with E-state index in [1.807, 2.05) is 42.3 Å². The number of aliphatic imine (C=N–C) groups is 1. The van der Waals surface area contributed by atoms with E-state index in [0.717, 1.165) is 16.9 Å². The molecule has 2 aromatic rings. The molecule has 148 valence electrons. The number of carbonyl (C=O) groups excluding carboxylic acids is 1. The van der Waals surface area contributed by atoms with E-state index in [4.69, 9.17) is 11.2 Å². The zero-order valence-electron chi connectivity index (χ0n) is 16.2. The number of nitrogens with one attached hydrogen (secondary N) is 2. The SMILES string of the molecule is C#Cc1cccc(NC(=O)CNC(=NC)N(C)Cc2ccc(OC)cc2)c1.I. The summed E-state index contributed by atoms with van der Waals surface area (Å²) in [7, 11) is 5.23. The van der Waals surface area contributed by atoms with Crippen LogP contribution in [-0.2, 0) is 11.3 Å². The highest BCUT2D eigenvalue weighted by molar-refractivity contribution is 14.0. The first-order valence-electron chi connectivity index (χ1n) is 8.47. The van der Waals surface area contributed by atoms with E-state index in [0.29, 0.717) is 18.2 Å². The summed E-state index contributed by atoms with van der Waals surface area (Å²) < 4.78 is 5.17. The predicted molar refractivity (Wildman–Crippen MR) is 124 cm³/mol. The van der Waals surface area contributed by atoms with Crippen LogP contribution in [0.5, 0.6) is 5.75 Å². The van der Waals surface area contributed by atoms with E-state index < -0.39 is 0 Å². The first-order chi connectivity index (χ1) is 13.0. The van der Waals surface area contributed by atoms with Crippen LogP contribution in [0.1, 0.15) is 11.1 Å². The van der Waals surface area contributed by atoms with Crippen molar-refractivity contribution >= 4 is 41.5 Å². The maximum absolute atomic E-state index is 12.2. The second-order valence-electron chi connectivity index (χ2n) is 5.88. The minimum Gasteiger partial charge on any atom is -0.497 e. The number of halogens is 1. The van der Waals surface area contributed by atoms with Crippen LogP contribution in [-0.4, -0.2) is 44.5 Å². The summed E-state index contributed by atoms with van der Waals surface area (Å²) in [4.78, 5) is 18.3. The molecule has 0 saturated carbocycles. The Labute approximate surface area is 183 Å². The molecule has 0 unspecified atom stereocenters. The molecule has 0 aliphatic carbocycles. The van der Waals surface area contributed by atoms with Crippen LogP contribution in [0, 0.1) is 12.3 Å². The molecule has 7 heteroatoms. The van der Waals surface area contributed by atoms with E-state index in [1.54, 1.807) is 32.4 Å². The minimum atomic E-state index is -0.178. The quantitative estimate of drug-likeness (QED) is 0.282. The molecule has 0 aliphatic rings. The molecular weight excluding hydrogens is 467 g/mol. The van der Waals surface area contributed by atoms with Crippen molar-refractivity contribution in [2.24, 2.45) is 4.99 Å². The first kappa shape index (κ1) is 23.3. The van der Waals surface area contributed by atoms with Crippen LogP contribution >= 0.6 is 24.0 Å². The van der Waals surface area contributed by atoms with Gasteiger partial charge in [0.05, 0.1) is 13.7 Å². The summed E-state index contributed by atoms with van der Waals surface area (Å²) in [6.45, 7) is 0.745. The van der Waals surface area contributed by atoms with Gasteiger partial charge in [-0.3, -0.25) is 9.79 Å². The largest absolute Gasteiger partial charge is 0.497 e. The van der Waals surface area contributed by atoms with Crippen LogP contribution in [0.2, 0.25) is 0 Å². The first-order valence-corrected chi connectivity index (χ1v) is 8.47. The van der Waals surface area contributed by atoms with E-state index >= 15 is 0 Å². The van der Waals surface area contributed by atoms with Crippen molar-refractivity contribution in [1.82, 2.24) is 10.2 Å². The van der Waals surface area contributed by atoms with Gasteiger partial charge in [-0.1, -0.05) is 24.1 Å². The van der Waals surface area contributed by atoms with Gasteiger partial charge in [0, 0.05) is 31.9 Å². The number of terminal acetylenes is 1. The average Bonchev–Trinajstić information content (AvgIpc) is 2.69. The molecule has 0 saturated heterocycles. The fourth-order valence-corrected chi connectivity index (χ4v) is 2.52. The molecule has 0 atom stereocenters. The average molecular weight is 492 g/mol. The molecule has 28 heavy (non-hydrogen) atoms. The highest BCUT2D eigenvalue weighted by atomic mass is 127. The van der Waals surface area contributed by atoms with Crippen molar-refractivity contribution in [3.8, 4) is 18.1 Å². The Bertz CT molecular complexity index is 844. The third kappa shape index (κ3) is 7.12. The van der Waals surface area contributed by atoms with Gasteiger partial charge in [0.1, 0.15) is 5.75 Å². The lowest BCUT2D eigenvalue weighted by atomic mass is 10.2. The fourth-order valence-electron chi connectivity index (χ4n) is 2.52. The number of ether oxygens (including phenoxy) is 1. The number of carbonyl (C=O) groups is 1. The van der Waals surface area contributed by atoms with Crippen molar-refractivity contribution in [3.05, 3.63) is 59.7 Å². The summed E-state index contributed by atoms with van der Waals surface area (Å²) in [6, 6.07) is 15.0. The molecule has 0 spiro atoms. The molecule has 0 radical (unpaired) electrons. The van der Waals surface area contributed by atoms with Crippen molar-refractivity contribution in [2.45, 2.75) is 6.54 Å². The molecule has 0 fully saturated rings. The molecule has 2 N–H and O–H groups in total. The van der Waals surface area contributed by atoms with Crippen molar-refractivity contribution in [2.75, 3.05) is 33.1 Å². The van der Waals surface area contributed by atoms with Crippen molar-refractivity contribution < 1.29 is 9.53 Å². The van der Waals surface area contributed by atoms with E-state index in [2.05, 4.69) is 21.5 Å². The Balaban J connectivity index is 0.00000392. The molecule has 6 nitrogen and oxygen atoms in total. The Kier molecular flexibility index (Phi) is 9.88. The second kappa shape index (κ2) is 11.9. The molecule has 2 rings (SSSR count). The number of guanidine groups is 1. The third-order valence-corrected chi connectivity index (χ3v) is 3.87. The van der Waals surface area contributed by atoms with E-state index in [9.17, 15) is 4.79 Å². The normalized spacial score (nSPS) is 10.3. The molecule has 1 amide bonds. The zero-order valence-corrected chi connectivity index (χ0v) is 18.6. The topological polar surface area (TPSA) is 66.0 Å². The maximum Gasteiger partial charge on any atom is 0.243 e. The van der Waals surface area contributed by atoms with E-state index in [1.165, 1.54) is 0 Å². The van der Waals surface area contributed by atoms with Gasteiger partial charge in [0.2, 0.25) is 5.91 Å². The number of nitrogens with zero attached hydrogens (tertiary/aromatic N) is 2. The monoisotopic (exact) mass is 492 g/mol. The summed E-state index contributed by atoms with van der Waals surface area (Å²) in [6.07, 6.45) is 5.38. The minimum absolute atomic E-state index is 0. The highest BCUT2D eigenvalue weighted by Crippen LogP contribution is 2.12. The second-order valence-corrected chi connectivity index (χ2v) is 5.88. The predicted octanol–water partition coefficient (Wildman–Crippen LogP) is 2.94. The van der Waals surface area contributed by atoms with Gasteiger partial charge in [-0.15, -0.1) is 30.4 Å². The number of methoxy groups -OCH3 is 1. The van der Waals surface area contributed by atoms with Gasteiger partial charge in [-0.2, -0.15) is 0 Å². The molecule has 0 aromatic heterocycles. The van der Waals surface area contributed by atoms with Crippen LogP contribution in [0.25, 0.3) is 0 Å². The number of hydrogen-bond donors (Lipinski definition) is 2. The molecule has 2 aromatic carbocycles. The van der Waals surface area contributed by atoms with Crippen LogP contribution in [0.3, 0.4) is 0 Å². The van der Waals surface area contributed by atoms with Gasteiger partial charge in [-0.05, 0) is 35.9 Å². The fraction of sp³-hybridized carbons (Fsp3) is 0.238. The number of benzene rings is 2. The molecule has 0 bridgehead atoms. The number of anilines is 1. The smallest absolute Gasteiger partial charge is 0.243 e. The highest BCUT2D eigenvalue weighted by Gasteiger charge is 2.09. The standard InChI is InChI=1S/C21H24N4O2.HI/c1-5-16-7-6-8-18(13-16)24-20(26)14-23-21(22-2)25(3)15-17-9-11-19(27-4)12-10-17;/h1,6-13H,14-15H2,2-4H3,(H,22,23)(H,24,26);1H. The molecular formula is C21H25IN4O2. The summed E-state index contributed by atoms with van der Waals surface area (Å²) in [5.41, 5.74) is 2.49. The van der Waals surface area contributed by atoms with Gasteiger partial charge in [-0.25, -0.2) is 0 Å². The van der Waals surface area contributed by atoms with Gasteiger partial charge in [0.15, 0.2) is 5.96 Å². The van der Waals surface area contributed by atoms with Crippen molar-refractivity contribution in [3.63, 3.8) is 0 Å². The Hall–Kier alpha value is -2.73. The zero-order chi connectivity index (χ0) is 19.6. The lowest BCUT2D eigenvalue weighted by molar-refractivity contribution is -0.115. The Morgan fingerprint density at radius 3 is 2.57 bits per heavy atom. The summed E-state index contributed by atoms with van der Waals surface area (Å²) in [5, 5.41) is 5.87. The van der Waals surface area contributed by atoms with Crippen LogP contribution in [0.4, 0.5) is 5.69 Å². The van der Waals surface area contributed by atoms with E-state index in [-0.39, 0.29) is 36.4 Å². The van der Waals surface area contributed by atoms with Crippen LogP contribution < -0.4 is 15.4 Å². The van der Waals surface area contributed by atoms with Crippen LogP contribution in [0.15, 0.2) is 53.5 Å². The number of amides is 1. The number of hydrogen-bond acceptors (Lipinski definition) is 3. The number of rotatable bonds is 6. The lowest BCUT2D eigenvalue weighted by Gasteiger charge is -2.22. The lowest BCUT2D eigenvalue weighted by Crippen LogP contribution is -2.42. The summed E-state index contributed by atoms with van der Waals surface area (Å²) >= 11 is 0. The van der Waals surface area contributed by atoms with Gasteiger partial charge >= 0.3 is 0 Å². The maximum atomic E-state index is 12.2. The Morgan fingerprint density at radius 2 is 1.96 bits per heavy atom.